The Kier molecular flexibility index (Phi) is 8.63. The van der Waals surface area contributed by atoms with Crippen LogP contribution in [0.2, 0.25) is 39.3 Å². The summed E-state index contributed by atoms with van der Waals surface area (Å²) >= 11 is 0. The molecule has 2 nitrogen and oxygen atoms in total. The minimum absolute atomic E-state index is 0.959. The molecule has 0 rings (SSSR count). The van der Waals surface area contributed by atoms with Gasteiger partial charge in [0.2, 0.25) is 0 Å². The normalized spacial score (nSPS) is 13.1. The van der Waals surface area contributed by atoms with Gasteiger partial charge >= 0.3 is 0 Å². The van der Waals surface area contributed by atoms with Crippen LogP contribution in [0.25, 0.3) is 0 Å². The van der Waals surface area contributed by atoms with E-state index in [0.717, 1.165) is 13.2 Å². The topological polar surface area (TPSA) is 18.5 Å². The molecule has 0 bridgehead atoms. The van der Waals surface area contributed by atoms with Gasteiger partial charge in [0.1, 0.15) is 0 Å². The highest BCUT2D eigenvalue weighted by atomic mass is 28.4. The first-order valence-corrected chi connectivity index (χ1v) is 13.8. The molecular weight excluding hydrogens is 244 g/mol. The van der Waals surface area contributed by atoms with E-state index in [0.29, 0.717) is 0 Å². The first-order chi connectivity index (χ1) is 7.71. The van der Waals surface area contributed by atoms with E-state index in [1.165, 1.54) is 32.1 Å². The largest absolute Gasteiger partial charge is 0.418 e. The van der Waals surface area contributed by atoms with Crippen molar-refractivity contribution in [1.82, 2.24) is 0 Å². The standard InChI is InChI=1S/C13H32O2Si2/c1-16(2,3)14-12-10-8-7-9-11-13-15-17(4,5)6/h7-13H2,1-6H3. The minimum atomic E-state index is -1.27. The zero-order valence-electron chi connectivity index (χ0n) is 12.8. The lowest BCUT2D eigenvalue weighted by molar-refractivity contribution is 0.287. The molecule has 0 fully saturated rings. The molecule has 0 radical (unpaired) electrons. The van der Waals surface area contributed by atoms with Crippen molar-refractivity contribution in [3.8, 4) is 0 Å². The fourth-order valence-corrected chi connectivity index (χ4v) is 3.00. The second-order valence-electron chi connectivity index (χ2n) is 6.69. The smallest absolute Gasteiger partial charge is 0.183 e. The summed E-state index contributed by atoms with van der Waals surface area (Å²) in [7, 11) is -2.55. The van der Waals surface area contributed by atoms with Crippen molar-refractivity contribution < 1.29 is 8.85 Å². The van der Waals surface area contributed by atoms with Crippen LogP contribution >= 0.6 is 0 Å². The summed E-state index contributed by atoms with van der Waals surface area (Å²) in [5.41, 5.74) is 0. The van der Waals surface area contributed by atoms with E-state index < -0.39 is 16.6 Å². The molecule has 0 aliphatic heterocycles. The van der Waals surface area contributed by atoms with Crippen molar-refractivity contribution in [3.63, 3.8) is 0 Å². The van der Waals surface area contributed by atoms with E-state index in [9.17, 15) is 0 Å². The van der Waals surface area contributed by atoms with Gasteiger partial charge in [0.05, 0.1) is 0 Å². The van der Waals surface area contributed by atoms with Crippen molar-refractivity contribution in [3.05, 3.63) is 0 Å². The van der Waals surface area contributed by atoms with Crippen molar-refractivity contribution in [1.29, 1.82) is 0 Å². The van der Waals surface area contributed by atoms with E-state index >= 15 is 0 Å². The quantitative estimate of drug-likeness (QED) is 0.427. The van der Waals surface area contributed by atoms with E-state index in [1.54, 1.807) is 0 Å². The van der Waals surface area contributed by atoms with Crippen LogP contribution in [0.1, 0.15) is 32.1 Å². The lowest BCUT2D eigenvalue weighted by Crippen LogP contribution is -2.25. The molecule has 0 N–H and O–H groups in total. The third-order valence-corrected chi connectivity index (χ3v) is 4.50. The summed E-state index contributed by atoms with van der Waals surface area (Å²) in [6.45, 7) is 15.4. The average Bonchev–Trinajstić information content (AvgIpc) is 2.11. The van der Waals surface area contributed by atoms with E-state index in [-0.39, 0.29) is 0 Å². The fourth-order valence-electron chi connectivity index (χ4n) is 1.49. The van der Waals surface area contributed by atoms with Crippen molar-refractivity contribution in [2.24, 2.45) is 0 Å². The molecule has 0 saturated heterocycles. The first-order valence-electron chi connectivity index (χ1n) is 6.99. The van der Waals surface area contributed by atoms with Crippen LogP contribution in [-0.2, 0) is 8.85 Å². The van der Waals surface area contributed by atoms with Gasteiger partial charge in [-0.1, -0.05) is 19.3 Å². The highest BCUT2D eigenvalue weighted by Crippen LogP contribution is 2.09. The number of rotatable bonds is 10. The Hall–Kier alpha value is 0.354. The monoisotopic (exact) mass is 276 g/mol. The molecule has 0 heterocycles. The Morgan fingerprint density at radius 1 is 0.529 bits per heavy atom. The molecule has 17 heavy (non-hydrogen) atoms. The Labute approximate surface area is 110 Å². The molecule has 0 aromatic heterocycles. The highest BCUT2D eigenvalue weighted by molar-refractivity contribution is 6.70. The maximum Gasteiger partial charge on any atom is 0.183 e. The van der Waals surface area contributed by atoms with Crippen molar-refractivity contribution >= 4 is 16.6 Å². The third kappa shape index (κ3) is 16.4. The summed E-state index contributed by atoms with van der Waals surface area (Å²) in [4.78, 5) is 0. The highest BCUT2D eigenvalue weighted by Gasteiger charge is 2.13. The number of hydrogen-bond acceptors (Lipinski definition) is 2. The number of hydrogen-bond donors (Lipinski definition) is 0. The molecule has 0 amide bonds. The van der Waals surface area contributed by atoms with Gasteiger partial charge in [-0.25, -0.2) is 0 Å². The lowest BCUT2D eigenvalue weighted by atomic mass is 10.2. The Morgan fingerprint density at radius 3 is 1.12 bits per heavy atom. The van der Waals surface area contributed by atoms with E-state index in [4.69, 9.17) is 8.85 Å². The molecule has 0 aliphatic carbocycles. The van der Waals surface area contributed by atoms with Crippen molar-refractivity contribution in [2.45, 2.75) is 71.4 Å². The predicted molar refractivity (Wildman–Crippen MR) is 81.7 cm³/mol. The average molecular weight is 277 g/mol. The predicted octanol–water partition coefficient (Wildman–Crippen LogP) is 4.64. The van der Waals surface area contributed by atoms with Gasteiger partial charge in [-0.15, -0.1) is 0 Å². The van der Waals surface area contributed by atoms with E-state index in [1.807, 2.05) is 0 Å². The van der Waals surface area contributed by atoms with Crippen molar-refractivity contribution in [2.75, 3.05) is 13.2 Å². The van der Waals surface area contributed by atoms with Gasteiger partial charge in [0.25, 0.3) is 0 Å². The Balaban J connectivity index is 3.15. The summed E-state index contributed by atoms with van der Waals surface area (Å²) in [6.07, 6.45) is 6.37. The van der Waals surface area contributed by atoms with Gasteiger partial charge in [-0.05, 0) is 52.1 Å². The molecule has 0 spiro atoms. The zero-order chi connectivity index (χ0) is 13.4. The molecular formula is C13H32O2Si2. The second kappa shape index (κ2) is 8.45. The molecule has 0 aromatic carbocycles. The third-order valence-electron chi connectivity index (χ3n) is 2.36. The van der Waals surface area contributed by atoms with Gasteiger partial charge in [0.15, 0.2) is 16.6 Å². The van der Waals surface area contributed by atoms with Crippen LogP contribution in [0.15, 0.2) is 0 Å². The first kappa shape index (κ1) is 17.4. The second-order valence-corrected chi connectivity index (χ2v) is 15.7. The summed E-state index contributed by atoms with van der Waals surface area (Å²) in [5, 5.41) is 0. The van der Waals surface area contributed by atoms with Crippen LogP contribution in [0.3, 0.4) is 0 Å². The molecule has 4 heteroatoms. The molecule has 0 unspecified atom stereocenters. The number of unbranched alkanes of at least 4 members (excludes halogenated alkanes) is 4. The summed E-state index contributed by atoms with van der Waals surface area (Å²) in [6, 6.07) is 0. The van der Waals surface area contributed by atoms with E-state index in [2.05, 4.69) is 39.3 Å². The SMILES string of the molecule is C[Si](C)(C)OCCCCCCCO[Si](C)(C)C. The molecule has 104 valence electrons. The summed E-state index contributed by atoms with van der Waals surface area (Å²) in [5.74, 6) is 0. The van der Waals surface area contributed by atoms with Crippen LogP contribution in [0.5, 0.6) is 0 Å². The maximum absolute atomic E-state index is 5.82. The Bertz CT molecular complexity index is 163. The maximum atomic E-state index is 5.82. The van der Waals surface area contributed by atoms with Crippen LogP contribution in [0.4, 0.5) is 0 Å². The Morgan fingerprint density at radius 2 is 0.824 bits per heavy atom. The fraction of sp³-hybridized carbons (Fsp3) is 1.00. The lowest BCUT2D eigenvalue weighted by Gasteiger charge is -2.17. The summed E-state index contributed by atoms with van der Waals surface area (Å²) < 4.78 is 11.6. The van der Waals surface area contributed by atoms with Gasteiger partial charge in [0, 0.05) is 13.2 Å². The zero-order valence-corrected chi connectivity index (χ0v) is 14.8. The van der Waals surface area contributed by atoms with Gasteiger partial charge in [-0.2, -0.15) is 0 Å². The van der Waals surface area contributed by atoms with Gasteiger partial charge in [-0.3, -0.25) is 0 Å². The molecule has 0 atom stereocenters. The minimum Gasteiger partial charge on any atom is -0.418 e. The van der Waals surface area contributed by atoms with Crippen LogP contribution < -0.4 is 0 Å². The molecule has 0 aromatic rings. The molecule has 0 saturated carbocycles. The molecule has 0 aliphatic rings. The van der Waals surface area contributed by atoms with Gasteiger partial charge < -0.3 is 8.85 Å². The van der Waals surface area contributed by atoms with Crippen LogP contribution in [0, 0.1) is 0 Å². The van der Waals surface area contributed by atoms with Crippen LogP contribution in [-0.4, -0.2) is 29.8 Å².